The molecule has 0 aromatic heterocycles. The second-order valence-electron chi connectivity index (χ2n) is 5.15. The molecule has 1 aliphatic heterocycles. The number of aliphatic hydroxyl groups is 1. The Morgan fingerprint density at radius 3 is 2.53 bits per heavy atom. The number of urea groups is 1. The molecule has 0 spiro atoms. The van der Waals surface area contributed by atoms with Gasteiger partial charge < -0.3 is 25.6 Å². The van der Waals surface area contributed by atoms with Crippen LogP contribution in [0.15, 0.2) is 0 Å². The van der Waals surface area contributed by atoms with Gasteiger partial charge in [0.2, 0.25) is 0 Å². The molecule has 0 aromatic carbocycles. The number of nitrogens with one attached hydrogen (secondary N) is 2. The van der Waals surface area contributed by atoms with Crippen LogP contribution in [0.5, 0.6) is 0 Å². The van der Waals surface area contributed by atoms with Crippen LogP contribution in [-0.2, 0) is 9.53 Å². The summed E-state index contributed by atoms with van der Waals surface area (Å²) in [7, 11) is 0. The lowest BCUT2D eigenvalue weighted by atomic mass is 9.82. The number of carbonyl (C=O) groups is 2. The molecule has 4 N–H and O–H groups in total. The van der Waals surface area contributed by atoms with Crippen LogP contribution in [0.1, 0.15) is 26.2 Å². The zero-order valence-corrected chi connectivity index (χ0v) is 11.1. The maximum absolute atomic E-state index is 11.6. The van der Waals surface area contributed by atoms with Crippen LogP contribution in [0.25, 0.3) is 0 Å². The highest BCUT2D eigenvalue weighted by atomic mass is 16.5. The van der Waals surface area contributed by atoms with E-state index >= 15 is 0 Å². The van der Waals surface area contributed by atoms with Crippen LogP contribution in [0, 0.1) is 5.41 Å². The number of rotatable bonds is 6. The lowest BCUT2D eigenvalue weighted by Gasteiger charge is -2.33. The zero-order valence-electron chi connectivity index (χ0n) is 11.1. The van der Waals surface area contributed by atoms with E-state index in [-0.39, 0.29) is 18.4 Å². The van der Waals surface area contributed by atoms with Gasteiger partial charge in [0.1, 0.15) is 6.04 Å². The van der Waals surface area contributed by atoms with Gasteiger partial charge in [0.25, 0.3) is 0 Å². The predicted molar refractivity (Wildman–Crippen MR) is 67.8 cm³/mol. The molecule has 0 unspecified atom stereocenters. The Bertz CT molecular complexity index is 315. The van der Waals surface area contributed by atoms with Gasteiger partial charge in [-0.25, -0.2) is 9.59 Å². The molecule has 19 heavy (non-hydrogen) atoms. The van der Waals surface area contributed by atoms with Crippen LogP contribution in [-0.4, -0.2) is 54.6 Å². The number of carboxylic acid groups (broad SMARTS) is 1. The lowest BCUT2D eigenvalue weighted by molar-refractivity contribution is -0.139. The maximum atomic E-state index is 11.6. The molecule has 7 nitrogen and oxygen atoms in total. The van der Waals surface area contributed by atoms with Crippen molar-refractivity contribution in [1.29, 1.82) is 0 Å². The van der Waals surface area contributed by atoms with E-state index in [0.717, 1.165) is 12.8 Å². The first-order valence-electron chi connectivity index (χ1n) is 6.43. The molecule has 0 bridgehead atoms. The van der Waals surface area contributed by atoms with E-state index in [1.165, 1.54) is 0 Å². The van der Waals surface area contributed by atoms with Gasteiger partial charge in [-0.3, -0.25) is 0 Å². The summed E-state index contributed by atoms with van der Waals surface area (Å²) in [5, 5.41) is 22.6. The molecule has 0 radical (unpaired) electrons. The van der Waals surface area contributed by atoms with Gasteiger partial charge in [-0.15, -0.1) is 0 Å². The summed E-state index contributed by atoms with van der Waals surface area (Å²) in [6, 6.07) is -1.58. The molecule has 0 saturated carbocycles. The Labute approximate surface area is 112 Å². The van der Waals surface area contributed by atoms with Crippen molar-refractivity contribution >= 4 is 12.0 Å². The average molecular weight is 274 g/mol. The van der Waals surface area contributed by atoms with Gasteiger partial charge in [-0.1, -0.05) is 6.92 Å². The zero-order chi connectivity index (χ0) is 14.3. The standard InChI is InChI=1S/C12H22N2O5/c1-12(3-6-19-7-4-12)8-13-11(18)14-9(2-5-15)10(16)17/h9,15H,2-8H2,1H3,(H,16,17)(H2,13,14,18)/t9-/m0/s1. The fraction of sp³-hybridized carbons (Fsp3) is 0.833. The van der Waals surface area contributed by atoms with Crippen molar-refractivity contribution in [2.24, 2.45) is 5.41 Å². The monoisotopic (exact) mass is 274 g/mol. The first-order valence-corrected chi connectivity index (χ1v) is 6.43. The van der Waals surface area contributed by atoms with Gasteiger partial charge in [0.15, 0.2) is 0 Å². The van der Waals surface area contributed by atoms with E-state index in [2.05, 4.69) is 17.6 Å². The van der Waals surface area contributed by atoms with Crippen LogP contribution in [0.4, 0.5) is 4.79 Å². The van der Waals surface area contributed by atoms with Crippen LogP contribution >= 0.6 is 0 Å². The van der Waals surface area contributed by atoms with Crippen molar-refractivity contribution in [3.05, 3.63) is 0 Å². The molecule has 0 aromatic rings. The average Bonchev–Trinajstić information content (AvgIpc) is 2.37. The maximum Gasteiger partial charge on any atom is 0.326 e. The molecule has 110 valence electrons. The number of aliphatic hydroxyl groups excluding tert-OH is 1. The second kappa shape index (κ2) is 7.30. The molecule has 1 fully saturated rings. The number of hydrogen-bond acceptors (Lipinski definition) is 4. The summed E-state index contributed by atoms with van der Waals surface area (Å²) < 4.78 is 5.27. The SMILES string of the molecule is CC1(CNC(=O)N[C@@H](CCO)C(=O)O)CCOCC1. The van der Waals surface area contributed by atoms with Gasteiger partial charge in [0, 0.05) is 32.8 Å². The second-order valence-corrected chi connectivity index (χ2v) is 5.15. The molecule has 2 amide bonds. The van der Waals surface area contributed by atoms with Crippen LogP contribution in [0.3, 0.4) is 0 Å². The third-order valence-electron chi connectivity index (χ3n) is 3.40. The van der Waals surface area contributed by atoms with Gasteiger partial charge in [-0.2, -0.15) is 0 Å². The summed E-state index contributed by atoms with van der Waals surface area (Å²) in [4.78, 5) is 22.4. The normalized spacial score (nSPS) is 19.5. The van der Waals surface area contributed by atoms with Crippen molar-refractivity contribution in [2.45, 2.75) is 32.2 Å². The molecule has 1 heterocycles. The van der Waals surface area contributed by atoms with Crippen LogP contribution in [0.2, 0.25) is 0 Å². The van der Waals surface area contributed by atoms with Gasteiger partial charge >= 0.3 is 12.0 Å². The molecule has 1 atom stereocenters. The fourth-order valence-electron chi connectivity index (χ4n) is 1.93. The molecular weight excluding hydrogens is 252 g/mol. The summed E-state index contributed by atoms with van der Waals surface area (Å²) in [5.74, 6) is -1.15. The molecule has 1 rings (SSSR count). The quantitative estimate of drug-likeness (QED) is 0.542. The number of carbonyl (C=O) groups excluding carboxylic acids is 1. The molecular formula is C12H22N2O5. The Balaban J connectivity index is 2.35. The number of amides is 2. The molecule has 1 saturated heterocycles. The van der Waals surface area contributed by atoms with E-state index in [4.69, 9.17) is 14.9 Å². The fourth-order valence-corrected chi connectivity index (χ4v) is 1.93. The number of aliphatic carboxylic acids is 1. The highest BCUT2D eigenvalue weighted by Gasteiger charge is 2.28. The Kier molecular flexibility index (Phi) is 6.04. The largest absolute Gasteiger partial charge is 0.480 e. The number of carboxylic acids is 1. The molecule has 7 heteroatoms. The van der Waals surface area contributed by atoms with Crippen molar-refractivity contribution in [3.63, 3.8) is 0 Å². The van der Waals surface area contributed by atoms with E-state index in [9.17, 15) is 9.59 Å². The Hall–Kier alpha value is -1.34. The van der Waals surface area contributed by atoms with Gasteiger partial charge in [0.05, 0.1) is 0 Å². The predicted octanol–water partition coefficient (Wildman–Crippen LogP) is -0.0621. The van der Waals surface area contributed by atoms with E-state index in [1.54, 1.807) is 0 Å². The number of hydrogen-bond donors (Lipinski definition) is 4. The topological polar surface area (TPSA) is 108 Å². The minimum atomic E-state index is -1.15. The highest BCUT2D eigenvalue weighted by Crippen LogP contribution is 2.28. The van der Waals surface area contributed by atoms with Crippen molar-refractivity contribution in [1.82, 2.24) is 10.6 Å². The smallest absolute Gasteiger partial charge is 0.326 e. The van der Waals surface area contributed by atoms with E-state index < -0.39 is 18.0 Å². The Morgan fingerprint density at radius 2 is 2.00 bits per heavy atom. The first kappa shape index (κ1) is 15.7. The number of ether oxygens (including phenoxy) is 1. The van der Waals surface area contributed by atoms with E-state index in [1.807, 2.05) is 0 Å². The third kappa shape index (κ3) is 5.44. The highest BCUT2D eigenvalue weighted by molar-refractivity contribution is 5.82. The van der Waals surface area contributed by atoms with Crippen molar-refractivity contribution in [2.75, 3.05) is 26.4 Å². The van der Waals surface area contributed by atoms with Crippen molar-refractivity contribution in [3.8, 4) is 0 Å². The molecule has 1 aliphatic rings. The third-order valence-corrected chi connectivity index (χ3v) is 3.40. The molecule has 0 aliphatic carbocycles. The first-order chi connectivity index (χ1) is 8.97. The summed E-state index contributed by atoms with van der Waals surface area (Å²) in [5.41, 5.74) is -0.00864. The van der Waals surface area contributed by atoms with Crippen LogP contribution < -0.4 is 10.6 Å². The summed E-state index contributed by atoms with van der Waals surface area (Å²) in [6.07, 6.45) is 1.73. The summed E-state index contributed by atoms with van der Waals surface area (Å²) in [6.45, 7) is 3.63. The minimum absolute atomic E-state index is 0.00609. The van der Waals surface area contributed by atoms with E-state index in [0.29, 0.717) is 19.8 Å². The van der Waals surface area contributed by atoms with Crippen molar-refractivity contribution < 1.29 is 24.5 Å². The van der Waals surface area contributed by atoms with Gasteiger partial charge in [-0.05, 0) is 18.3 Å². The minimum Gasteiger partial charge on any atom is -0.480 e. The summed E-state index contributed by atoms with van der Waals surface area (Å²) >= 11 is 0. The lowest BCUT2D eigenvalue weighted by Crippen LogP contribution is -2.49. The Morgan fingerprint density at radius 1 is 1.37 bits per heavy atom.